The Hall–Kier alpha value is -1.55. The fourth-order valence-electron chi connectivity index (χ4n) is 1.91. The first-order chi connectivity index (χ1) is 9.45. The molecule has 0 aliphatic rings. The molecule has 0 unspecified atom stereocenters. The fraction of sp³-hybridized carbons (Fsp3) is 0.562. The van der Waals surface area contributed by atoms with E-state index >= 15 is 0 Å². The number of nitrogens with one attached hydrogen (secondary N) is 1. The summed E-state index contributed by atoms with van der Waals surface area (Å²) < 4.78 is 5.78. The van der Waals surface area contributed by atoms with Crippen molar-refractivity contribution < 1.29 is 9.53 Å². The third-order valence-electron chi connectivity index (χ3n) is 2.98. The Bertz CT molecular complexity index is 425. The minimum Gasteiger partial charge on any atom is -0.491 e. The number of hydrogen-bond acceptors (Lipinski definition) is 3. The molecule has 1 amide bonds. The maximum atomic E-state index is 11.4. The predicted molar refractivity (Wildman–Crippen MR) is 81.9 cm³/mol. The molecule has 0 aromatic heterocycles. The van der Waals surface area contributed by atoms with Gasteiger partial charge in [0.05, 0.1) is 6.54 Å². The maximum absolute atomic E-state index is 11.4. The smallest absolute Gasteiger partial charge is 0.220 e. The Balaban J connectivity index is 2.41. The second kappa shape index (κ2) is 7.90. The molecule has 1 rings (SSSR count). The molecule has 0 saturated carbocycles. The van der Waals surface area contributed by atoms with Crippen LogP contribution in [-0.2, 0) is 10.2 Å². The Labute approximate surface area is 121 Å². The van der Waals surface area contributed by atoms with Crippen LogP contribution in [-0.4, -0.2) is 25.6 Å². The van der Waals surface area contributed by atoms with E-state index < -0.39 is 0 Å². The number of ether oxygens (including phenoxy) is 1. The molecular formula is C16H26N2O2. The lowest BCUT2D eigenvalue weighted by Crippen LogP contribution is -2.28. The lowest BCUT2D eigenvalue weighted by molar-refractivity contribution is -0.121. The van der Waals surface area contributed by atoms with E-state index in [0.29, 0.717) is 26.1 Å². The van der Waals surface area contributed by atoms with E-state index in [1.165, 1.54) is 5.56 Å². The first-order valence-corrected chi connectivity index (χ1v) is 7.14. The summed E-state index contributed by atoms with van der Waals surface area (Å²) >= 11 is 0. The van der Waals surface area contributed by atoms with Gasteiger partial charge in [-0.25, -0.2) is 0 Å². The first kappa shape index (κ1) is 16.5. The lowest BCUT2D eigenvalue weighted by atomic mass is 9.86. The molecule has 4 heteroatoms. The Kier molecular flexibility index (Phi) is 6.52. The molecule has 0 bridgehead atoms. The predicted octanol–water partition coefficient (Wildman–Crippen LogP) is 2.22. The highest BCUT2D eigenvalue weighted by atomic mass is 16.5. The van der Waals surface area contributed by atoms with E-state index in [0.717, 1.165) is 12.2 Å². The van der Waals surface area contributed by atoms with Crippen molar-refractivity contribution in [1.82, 2.24) is 5.32 Å². The van der Waals surface area contributed by atoms with Gasteiger partial charge in [0, 0.05) is 6.42 Å². The van der Waals surface area contributed by atoms with Crippen LogP contribution in [0.4, 0.5) is 0 Å². The molecular weight excluding hydrogens is 252 g/mol. The van der Waals surface area contributed by atoms with Crippen molar-refractivity contribution in [3.05, 3.63) is 29.8 Å². The normalized spacial score (nSPS) is 11.2. The van der Waals surface area contributed by atoms with Crippen molar-refractivity contribution in [2.24, 2.45) is 5.73 Å². The molecule has 0 heterocycles. The average molecular weight is 278 g/mol. The van der Waals surface area contributed by atoms with Crippen molar-refractivity contribution in [2.45, 2.75) is 39.0 Å². The Morgan fingerprint density at radius 1 is 1.30 bits per heavy atom. The largest absolute Gasteiger partial charge is 0.491 e. The van der Waals surface area contributed by atoms with Crippen LogP contribution in [0.1, 0.15) is 39.2 Å². The van der Waals surface area contributed by atoms with Gasteiger partial charge in [0.1, 0.15) is 12.4 Å². The quantitative estimate of drug-likeness (QED) is 0.752. The number of rotatable bonds is 7. The van der Waals surface area contributed by atoms with Crippen LogP contribution in [0.5, 0.6) is 5.75 Å². The highest BCUT2D eigenvalue weighted by molar-refractivity contribution is 5.75. The van der Waals surface area contributed by atoms with Crippen LogP contribution in [0, 0.1) is 0 Å². The van der Waals surface area contributed by atoms with E-state index in [4.69, 9.17) is 10.5 Å². The summed E-state index contributed by atoms with van der Waals surface area (Å²) in [5.74, 6) is 0.916. The van der Waals surface area contributed by atoms with Crippen molar-refractivity contribution in [2.75, 3.05) is 19.7 Å². The summed E-state index contributed by atoms with van der Waals surface area (Å²) in [5.41, 5.74) is 6.58. The van der Waals surface area contributed by atoms with E-state index in [-0.39, 0.29) is 11.3 Å². The number of hydrogen-bond donors (Lipinski definition) is 2. The van der Waals surface area contributed by atoms with Crippen LogP contribution >= 0.6 is 0 Å². The molecule has 0 aliphatic heterocycles. The van der Waals surface area contributed by atoms with Gasteiger partial charge in [-0.15, -0.1) is 0 Å². The summed E-state index contributed by atoms with van der Waals surface area (Å²) in [6.45, 7) is 8.00. The molecule has 4 nitrogen and oxygen atoms in total. The minimum atomic E-state index is 0.0307. The standard InChI is InChI=1S/C16H26N2O2/c1-16(2,3)13-7-4-5-8-14(13)20-12-11-18-15(19)9-6-10-17/h4-5,7-8H,6,9-12,17H2,1-3H3,(H,18,19). The van der Waals surface area contributed by atoms with Gasteiger partial charge in [0.15, 0.2) is 0 Å². The summed E-state index contributed by atoms with van der Waals surface area (Å²) in [4.78, 5) is 11.4. The van der Waals surface area contributed by atoms with Gasteiger partial charge in [-0.1, -0.05) is 39.0 Å². The fourth-order valence-corrected chi connectivity index (χ4v) is 1.91. The number of benzene rings is 1. The Morgan fingerprint density at radius 3 is 2.65 bits per heavy atom. The third-order valence-corrected chi connectivity index (χ3v) is 2.98. The molecule has 0 spiro atoms. The van der Waals surface area contributed by atoms with Gasteiger partial charge < -0.3 is 15.8 Å². The minimum absolute atomic E-state index is 0.0307. The number of amides is 1. The average Bonchev–Trinajstić information content (AvgIpc) is 2.40. The molecule has 1 aromatic carbocycles. The van der Waals surface area contributed by atoms with Gasteiger partial charge >= 0.3 is 0 Å². The van der Waals surface area contributed by atoms with E-state index in [1.807, 2.05) is 18.2 Å². The third kappa shape index (κ3) is 5.61. The summed E-state index contributed by atoms with van der Waals surface area (Å²) in [6, 6.07) is 8.03. The SMILES string of the molecule is CC(C)(C)c1ccccc1OCCNC(=O)CCCN. The van der Waals surface area contributed by atoms with Gasteiger partial charge in [0.25, 0.3) is 0 Å². The molecule has 20 heavy (non-hydrogen) atoms. The zero-order chi connectivity index (χ0) is 15.0. The van der Waals surface area contributed by atoms with Crippen LogP contribution in [0.15, 0.2) is 24.3 Å². The van der Waals surface area contributed by atoms with Gasteiger partial charge in [-0.2, -0.15) is 0 Å². The molecule has 3 N–H and O–H groups in total. The maximum Gasteiger partial charge on any atom is 0.220 e. The summed E-state index contributed by atoms with van der Waals surface area (Å²) in [7, 11) is 0. The second-order valence-corrected chi connectivity index (χ2v) is 5.84. The Morgan fingerprint density at radius 2 is 2.00 bits per heavy atom. The van der Waals surface area contributed by atoms with Gasteiger partial charge in [-0.3, -0.25) is 4.79 Å². The van der Waals surface area contributed by atoms with E-state index in [2.05, 4.69) is 32.2 Å². The highest BCUT2D eigenvalue weighted by Gasteiger charge is 2.18. The highest BCUT2D eigenvalue weighted by Crippen LogP contribution is 2.30. The van der Waals surface area contributed by atoms with Crippen molar-refractivity contribution in [3.63, 3.8) is 0 Å². The molecule has 0 aliphatic carbocycles. The number of para-hydroxylation sites is 1. The zero-order valence-corrected chi connectivity index (χ0v) is 12.7. The molecule has 0 radical (unpaired) electrons. The molecule has 0 atom stereocenters. The summed E-state index contributed by atoms with van der Waals surface area (Å²) in [5, 5.41) is 2.83. The van der Waals surface area contributed by atoms with Crippen molar-refractivity contribution in [3.8, 4) is 5.75 Å². The van der Waals surface area contributed by atoms with Crippen LogP contribution in [0.3, 0.4) is 0 Å². The number of carbonyl (C=O) groups excluding carboxylic acids is 1. The van der Waals surface area contributed by atoms with Crippen LogP contribution in [0.2, 0.25) is 0 Å². The van der Waals surface area contributed by atoms with Gasteiger partial charge in [0.2, 0.25) is 5.91 Å². The molecule has 0 fully saturated rings. The van der Waals surface area contributed by atoms with E-state index in [1.54, 1.807) is 0 Å². The van der Waals surface area contributed by atoms with Gasteiger partial charge in [-0.05, 0) is 30.0 Å². The van der Waals surface area contributed by atoms with E-state index in [9.17, 15) is 4.79 Å². The summed E-state index contributed by atoms with van der Waals surface area (Å²) in [6.07, 6.45) is 1.20. The molecule has 0 saturated heterocycles. The number of carbonyl (C=O) groups is 1. The zero-order valence-electron chi connectivity index (χ0n) is 12.7. The number of nitrogens with two attached hydrogens (primary N) is 1. The van der Waals surface area contributed by atoms with Crippen molar-refractivity contribution in [1.29, 1.82) is 0 Å². The first-order valence-electron chi connectivity index (χ1n) is 7.14. The van der Waals surface area contributed by atoms with Crippen LogP contribution < -0.4 is 15.8 Å². The second-order valence-electron chi connectivity index (χ2n) is 5.84. The lowest BCUT2D eigenvalue weighted by Gasteiger charge is -2.22. The topological polar surface area (TPSA) is 64.3 Å². The monoisotopic (exact) mass is 278 g/mol. The molecule has 112 valence electrons. The van der Waals surface area contributed by atoms with Crippen LogP contribution in [0.25, 0.3) is 0 Å². The van der Waals surface area contributed by atoms with Crippen molar-refractivity contribution >= 4 is 5.91 Å². The molecule has 1 aromatic rings.